The molecule has 0 amide bonds. The second kappa shape index (κ2) is 10.7. The summed E-state index contributed by atoms with van der Waals surface area (Å²) >= 11 is 0. The van der Waals surface area contributed by atoms with Gasteiger partial charge in [0.25, 0.3) is 0 Å². The summed E-state index contributed by atoms with van der Waals surface area (Å²) in [5.74, 6) is 2.42. The molecular weight excluding hydrogens is 364 g/mol. The Morgan fingerprint density at radius 2 is 1.90 bits per heavy atom. The van der Waals surface area contributed by atoms with Gasteiger partial charge in [-0.05, 0) is 32.8 Å². The molecule has 2 fully saturated rings. The largest absolute Gasteiger partial charge is 0.357 e. The van der Waals surface area contributed by atoms with Gasteiger partial charge in [-0.2, -0.15) is 0 Å². The molecule has 29 heavy (non-hydrogen) atoms. The third-order valence-electron chi connectivity index (χ3n) is 5.93. The predicted molar refractivity (Wildman–Crippen MR) is 119 cm³/mol. The number of nitrogens with zero attached hydrogens (tertiary/aromatic N) is 6. The smallest absolute Gasteiger partial charge is 0.225 e. The molecule has 162 valence electrons. The molecule has 8 heteroatoms. The van der Waals surface area contributed by atoms with Gasteiger partial charge in [-0.15, -0.1) is 0 Å². The average molecular weight is 403 g/mol. The van der Waals surface area contributed by atoms with Crippen molar-refractivity contribution in [3.05, 3.63) is 18.5 Å². The van der Waals surface area contributed by atoms with Crippen LogP contribution in [0.1, 0.15) is 27.7 Å². The van der Waals surface area contributed by atoms with Gasteiger partial charge in [-0.1, -0.05) is 6.92 Å². The highest BCUT2D eigenvalue weighted by molar-refractivity contribution is 5.80. The molecule has 1 aromatic rings. The number of nitrogens with one attached hydrogen (secondary N) is 2. The first-order valence-corrected chi connectivity index (χ1v) is 11.1. The lowest BCUT2D eigenvalue weighted by Gasteiger charge is -2.34. The molecule has 2 N–H and O–H groups in total. The number of hydrogen-bond donors (Lipinski definition) is 2. The first-order valence-electron chi connectivity index (χ1n) is 11.1. The normalized spacial score (nSPS) is 24.3. The van der Waals surface area contributed by atoms with Crippen molar-refractivity contribution in [1.82, 2.24) is 30.4 Å². The summed E-state index contributed by atoms with van der Waals surface area (Å²) in [5, 5.41) is 7.09. The van der Waals surface area contributed by atoms with Crippen molar-refractivity contribution in [3.63, 3.8) is 0 Å². The Balaban J connectivity index is 1.44. The summed E-state index contributed by atoms with van der Waals surface area (Å²) in [6, 6.07) is 2.92. The van der Waals surface area contributed by atoms with Crippen molar-refractivity contribution in [1.29, 1.82) is 0 Å². The van der Waals surface area contributed by atoms with Crippen molar-refractivity contribution in [2.75, 3.05) is 63.8 Å². The maximum absolute atomic E-state index is 4.85. The van der Waals surface area contributed by atoms with Gasteiger partial charge in [-0.25, -0.2) is 9.97 Å². The number of hydrogen-bond acceptors (Lipinski definition) is 6. The average Bonchev–Trinajstić information content (AvgIpc) is 3.10. The molecule has 0 spiro atoms. The molecule has 0 radical (unpaired) electrons. The van der Waals surface area contributed by atoms with E-state index in [0.717, 1.165) is 70.8 Å². The zero-order chi connectivity index (χ0) is 20.6. The van der Waals surface area contributed by atoms with E-state index in [1.165, 1.54) is 0 Å². The van der Waals surface area contributed by atoms with E-state index in [1.54, 1.807) is 0 Å². The lowest BCUT2D eigenvalue weighted by atomic mass is 10.1. The summed E-state index contributed by atoms with van der Waals surface area (Å²) in [7, 11) is 0. The van der Waals surface area contributed by atoms with Gasteiger partial charge < -0.3 is 15.5 Å². The summed E-state index contributed by atoms with van der Waals surface area (Å²) < 4.78 is 0. The van der Waals surface area contributed by atoms with Crippen molar-refractivity contribution >= 4 is 11.9 Å². The summed E-state index contributed by atoms with van der Waals surface area (Å²) in [6.07, 6.45) is 3.62. The molecular formula is C21H38N8. The Bertz CT molecular complexity index is 627. The van der Waals surface area contributed by atoms with Crippen LogP contribution in [0.2, 0.25) is 0 Å². The van der Waals surface area contributed by atoms with Crippen LogP contribution in [0.5, 0.6) is 0 Å². The van der Waals surface area contributed by atoms with Crippen LogP contribution in [-0.2, 0) is 0 Å². The van der Waals surface area contributed by atoms with Gasteiger partial charge >= 0.3 is 0 Å². The van der Waals surface area contributed by atoms with Crippen molar-refractivity contribution in [3.8, 4) is 0 Å². The molecule has 1 aromatic heterocycles. The Hall–Kier alpha value is -1.93. The second-order valence-corrected chi connectivity index (χ2v) is 8.41. The predicted octanol–water partition coefficient (Wildman–Crippen LogP) is 0.882. The van der Waals surface area contributed by atoms with Crippen molar-refractivity contribution < 1.29 is 0 Å². The Kier molecular flexibility index (Phi) is 8.06. The van der Waals surface area contributed by atoms with E-state index in [4.69, 9.17) is 4.99 Å². The fourth-order valence-electron chi connectivity index (χ4n) is 4.04. The van der Waals surface area contributed by atoms with Crippen LogP contribution in [0.3, 0.4) is 0 Å². The Morgan fingerprint density at radius 3 is 2.52 bits per heavy atom. The fraction of sp³-hybridized carbons (Fsp3) is 0.762. The van der Waals surface area contributed by atoms with E-state index < -0.39 is 0 Å². The minimum Gasteiger partial charge on any atom is -0.357 e. The molecule has 2 saturated heterocycles. The molecule has 3 rings (SSSR count). The Morgan fingerprint density at radius 1 is 1.17 bits per heavy atom. The number of piperazine rings is 1. The maximum Gasteiger partial charge on any atom is 0.225 e. The van der Waals surface area contributed by atoms with E-state index in [2.05, 4.69) is 63.0 Å². The zero-order valence-corrected chi connectivity index (χ0v) is 18.5. The molecule has 2 aliphatic rings. The van der Waals surface area contributed by atoms with Crippen LogP contribution in [0.15, 0.2) is 23.5 Å². The zero-order valence-electron chi connectivity index (χ0n) is 18.5. The number of aromatic nitrogens is 2. The molecule has 2 unspecified atom stereocenters. The van der Waals surface area contributed by atoms with Crippen molar-refractivity contribution in [2.24, 2.45) is 10.9 Å². The molecule has 0 bridgehead atoms. The molecule has 0 saturated carbocycles. The van der Waals surface area contributed by atoms with Crippen LogP contribution in [0.25, 0.3) is 0 Å². The van der Waals surface area contributed by atoms with Crippen LogP contribution in [0.4, 0.5) is 5.95 Å². The molecule has 3 heterocycles. The summed E-state index contributed by atoms with van der Waals surface area (Å²) in [6.45, 7) is 17.9. The number of anilines is 1. The minimum atomic E-state index is 0.463. The van der Waals surface area contributed by atoms with E-state index in [1.807, 2.05) is 18.5 Å². The summed E-state index contributed by atoms with van der Waals surface area (Å²) in [5.41, 5.74) is 0. The number of rotatable bonds is 7. The van der Waals surface area contributed by atoms with Gasteiger partial charge in [0.05, 0.1) is 6.54 Å². The number of guanidine groups is 1. The SMILES string of the molecule is CCNC(=NCCN1CCN(c2ncccn2)CC1)NC1CN(C(C)C)CC1C. The van der Waals surface area contributed by atoms with Crippen molar-refractivity contribution in [2.45, 2.75) is 39.8 Å². The van der Waals surface area contributed by atoms with E-state index >= 15 is 0 Å². The lowest BCUT2D eigenvalue weighted by Crippen LogP contribution is -2.48. The lowest BCUT2D eigenvalue weighted by molar-refractivity contribution is 0.263. The highest BCUT2D eigenvalue weighted by atomic mass is 15.3. The maximum atomic E-state index is 4.85. The molecule has 8 nitrogen and oxygen atoms in total. The topological polar surface area (TPSA) is 71.9 Å². The molecule has 0 aliphatic carbocycles. The summed E-state index contributed by atoms with van der Waals surface area (Å²) in [4.78, 5) is 20.8. The van der Waals surface area contributed by atoms with Gasteiger partial charge in [0.15, 0.2) is 5.96 Å². The molecule has 2 atom stereocenters. The van der Waals surface area contributed by atoms with Crippen LogP contribution >= 0.6 is 0 Å². The van der Waals surface area contributed by atoms with Gasteiger partial charge in [0.2, 0.25) is 5.95 Å². The van der Waals surface area contributed by atoms with Crippen LogP contribution in [-0.4, -0.2) is 96.7 Å². The third kappa shape index (κ3) is 6.27. The van der Waals surface area contributed by atoms with Gasteiger partial charge in [-0.3, -0.25) is 14.8 Å². The monoisotopic (exact) mass is 402 g/mol. The Labute approximate surface area is 175 Å². The first-order chi connectivity index (χ1) is 14.1. The van der Waals surface area contributed by atoms with Gasteiger partial charge in [0, 0.05) is 76.8 Å². The standard InChI is InChI=1S/C21H38N8/c1-5-22-20(26-19-16-29(17(2)3)15-18(19)4)23-9-10-27-11-13-28(14-12-27)21-24-7-6-8-25-21/h6-8,17-19H,5,9-16H2,1-4H3,(H2,22,23,26). The van der Waals surface area contributed by atoms with E-state index in [9.17, 15) is 0 Å². The van der Waals surface area contributed by atoms with Crippen LogP contribution < -0.4 is 15.5 Å². The number of aliphatic imine (C=N–C) groups is 1. The molecule has 0 aromatic carbocycles. The quantitative estimate of drug-likeness (QED) is 0.518. The van der Waals surface area contributed by atoms with E-state index in [-0.39, 0.29) is 0 Å². The van der Waals surface area contributed by atoms with Crippen LogP contribution in [0, 0.1) is 5.92 Å². The van der Waals surface area contributed by atoms with Gasteiger partial charge in [0.1, 0.15) is 0 Å². The first kappa shape index (κ1) is 21.8. The highest BCUT2D eigenvalue weighted by Crippen LogP contribution is 2.18. The minimum absolute atomic E-state index is 0.463. The third-order valence-corrected chi connectivity index (χ3v) is 5.93. The fourth-order valence-corrected chi connectivity index (χ4v) is 4.04. The molecule has 2 aliphatic heterocycles. The highest BCUT2D eigenvalue weighted by Gasteiger charge is 2.31. The van der Waals surface area contributed by atoms with E-state index in [0.29, 0.717) is 18.0 Å². The number of likely N-dealkylation sites (tertiary alicyclic amines) is 1. The second-order valence-electron chi connectivity index (χ2n) is 8.41.